The van der Waals surface area contributed by atoms with Crippen LogP contribution >= 0.6 is 0 Å². The number of nitrogens with one attached hydrogen (secondary N) is 1. The number of rotatable bonds is 16. The third kappa shape index (κ3) is 9.94. The van der Waals surface area contributed by atoms with E-state index >= 15 is 0 Å². The van der Waals surface area contributed by atoms with Crippen molar-refractivity contribution in [2.75, 3.05) is 53.7 Å². The van der Waals surface area contributed by atoms with Crippen molar-refractivity contribution in [2.24, 2.45) is 0 Å². The predicted molar refractivity (Wildman–Crippen MR) is 170 cm³/mol. The minimum absolute atomic E-state index is 0.0142. The zero-order valence-corrected chi connectivity index (χ0v) is 26.3. The largest absolute Gasteiger partial charge is 0.496 e. The number of hydrogen-bond acceptors (Lipinski definition) is 7. The highest BCUT2D eigenvalue weighted by atomic mass is 16.5. The molecule has 2 atom stereocenters. The smallest absolute Gasteiger partial charge is 0.407 e. The van der Waals surface area contributed by atoms with Gasteiger partial charge in [-0.15, -0.1) is 0 Å². The molecule has 1 aliphatic heterocycles. The van der Waals surface area contributed by atoms with E-state index in [1.165, 1.54) is 4.90 Å². The SMILES string of the molecule is COCCNC(=O)c1cc(COC2CN(C(=O)O)CCC2c2ccc(OCCCOCc3ccccc3OC)cc2)ccc1C. The molecule has 3 aromatic rings. The van der Waals surface area contributed by atoms with E-state index in [-0.39, 0.29) is 31.1 Å². The van der Waals surface area contributed by atoms with E-state index in [0.717, 1.165) is 40.2 Å². The number of ether oxygens (including phenoxy) is 5. The molecular weight excluding hydrogens is 576 g/mol. The van der Waals surface area contributed by atoms with E-state index < -0.39 is 6.09 Å². The van der Waals surface area contributed by atoms with Gasteiger partial charge in [-0.2, -0.15) is 0 Å². The van der Waals surface area contributed by atoms with Gasteiger partial charge in [0.05, 0.1) is 52.8 Å². The van der Waals surface area contributed by atoms with E-state index in [1.54, 1.807) is 14.2 Å². The van der Waals surface area contributed by atoms with Crippen molar-refractivity contribution in [3.63, 3.8) is 0 Å². The number of para-hydroxylation sites is 1. The number of likely N-dealkylation sites (tertiary alicyclic amines) is 1. The van der Waals surface area contributed by atoms with E-state index in [9.17, 15) is 14.7 Å². The standard InChI is InChI=1S/C35H44N2O8/c1-25-9-10-26(21-31(25)34(38)36-16-20-41-2)23-45-33-22-37(35(39)40)17-15-30(33)27-11-13-29(14-12-27)44-19-6-18-43-24-28-7-4-5-8-32(28)42-3/h4-5,7-14,21,30,33H,6,15-20,22-24H2,1-3H3,(H,36,38)(H,39,40). The number of amides is 2. The van der Waals surface area contributed by atoms with E-state index in [4.69, 9.17) is 23.7 Å². The van der Waals surface area contributed by atoms with Gasteiger partial charge in [-0.25, -0.2) is 4.79 Å². The Bertz CT molecular complexity index is 1380. The van der Waals surface area contributed by atoms with Gasteiger partial charge in [-0.1, -0.05) is 42.5 Å². The van der Waals surface area contributed by atoms with Crippen LogP contribution in [0, 0.1) is 6.92 Å². The summed E-state index contributed by atoms with van der Waals surface area (Å²) < 4.78 is 28.5. The fourth-order valence-corrected chi connectivity index (χ4v) is 5.38. The number of carboxylic acid groups (broad SMARTS) is 1. The van der Waals surface area contributed by atoms with Crippen LogP contribution in [0.5, 0.6) is 11.5 Å². The topological polar surface area (TPSA) is 116 Å². The Kier molecular flexibility index (Phi) is 13.0. The Morgan fingerprint density at radius 3 is 2.53 bits per heavy atom. The van der Waals surface area contributed by atoms with Crippen LogP contribution in [0.1, 0.15) is 51.4 Å². The van der Waals surface area contributed by atoms with Crippen molar-refractivity contribution in [3.8, 4) is 11.5 Å². The number of piperidine rings is 1. The summed E-state index contributed by atoms with van der Waals surface area (Å²) in [6, 6.07) is 21.4. The van der Waals surface area contributed by atoms with Crippen LogP contribution in [0.25, 0.3) is 0 Å². The van der Waals surface area contributed by atoms with E-state index in [0.29, 0.717) is 51.5 Å². The summed E-state index contributed by atoms with van der Waals surface area (Å²) in [6.07, 6.45) is 0.0860. The first-order chi connectivity index (χ1) is 21.9. The average Bonchev–Trinajstić information content (AvgIpc) is 3.06. The number of carbonyl (C=O) groups excluding carboxylic acids is 1. The molecule has 10 nitrogen and oxygen atoms in total. The third-order valence-electron chi connectivity index (χ3n) is 7.89. The number of carbonyl (C=O) groups is 2. The second-order valence-corrected chi connectivity index (χ2v) is 11.0. The summed E-state index contributed by atoms with van der Waals surface area (Å²) in [5, 5.41) is 12.5. The first-order valence-corrected chi connectivity index (χ1v) is 15.3. The maximum Gasteiger partial charge on any atom is 0.407 e. The van der Waals surface area contributed by atoms with Crippen LogP contribution in [0.3, 0.4) is 0 Å². The summed E-state index contributed by atoms with van der Waals surface area (Å²) in [5.74, 6) is 1.43. The molecule has 0 aliphatic carbocycles. The molecule has 1 fully saturated rings. The van der Waals surface area contributed by atoms with Crippen molar-refractivity contribution in [1.29, 1.82) is 0 Å². The highest BCUT2D eigenvalue weighted by Crippen LogP contribution is 2.32. The lowest BCUT2D eigenvalue weighted by molar-refractivity contribution is -0.0199. The number of aryl methyl sites for hydroxylation is 1. The van der Waals surface area contributed by atoms with Gasteiger partial charge in [0.1, 0.15) is 11.5 Å². The molecule has 10 heteroatoms. The van der Waals surface area contributed by atoms with Crippen LogP contribution in [-0.4, -0.2) is 81.8 Å². The molecule has 0 radical (unpaired) electrons. The van der Waals surface area contributed by atoms with Crippen LogP contribution < -0.4 is 14.8 Å². The number of methoxy groups -OCH3 is 2. The molecule has 45 heavy (non-hydrogen) atoms. The van der Waals surface area contributed by atoms with Crippen LogP contribution in [0.2, 0.25) is 0 Å². The summed E-state index contributed by atoms with van der Waals surface area (Å²) >= 11 is 0. The summed E-state index contributed by atoms with van der Waals surface area (Å²) in [5.41, 5.74) is 4.37. The summed E-state index contributed by atoms with van der Waals surface area (Å²) in [7, 11) is 3.24. The molecule has 3 aromatic carbocycles. The molecule has 0 saturated carbocycles. The second kappa shape index (κ2) is 17.4. The predicted octanol–water partition coefficient (Wildman–Crippen LogP) is 5.42. The van der Waals surface area contributed by atoms with Gasteiger partial charge in [0, 0.05) is 43.7 Å². The molecule has 1 saturated heterocycles. The molecule has 1 aliphatic rings. The molecule has 4 rings (SSSR count). The molecule has 2 unspecified atom stereocenters. The van der Waals surface area contributed by atoms with Gasteiger partial charge in [-0.05, 0) is 54.3 Å². The number of nitrogens with zero attached hydrogens (tertiary/aromatic N) is 1. The van der Waals surface area contributed by atoms with Crippen LogP contribution in [-0.2, 0) is 27.4 Å². The molecule has 0 aromatic heterocycles. The number of benzene rings is 3. The Morgan fingerprint density at radius 1 is 0.978 bits per heavy atom. The summed E-state index contributed by atoms with van der Waals surface area (Å²) in [6.45, 7) is 5.29. The maximum absolute atomic E-state index is 12.7. The lowest BCUT2D eigenvalue weighted by atomic mass is 9.87. The minimum Gasteiger partial charge on any atom is -0.496 e. The quantitative estimate of drug-likeness (QED) is 0.204. The van der Waals surface area contributed by atoms with Gasteiger partial charge < -0.3 is 39.0 Å². The van der Waals surface area contributed by atoms with Crippen molar-refractivity contribution in [1.82, 2.24) is 10.2 Å². The first-order valence-electron chi connectivity index (χ1n) is 15.3. The van der Waals surface area contributed by atoms with Crippen LogP contribution in [0.4, 0.5) is 4.79 Å². The van der Waals surface area contributed by atoms with Crippen LogP contribution in [0.15, 0.2) is 66.7 Å². The van der Waals surface area contributed by atoms with Gasteiger partial charge in [-0.3, -0.25) is 4.79 Å². The van der Waals surface area contributed by atoms with Crippen molar-refractivity contribution in [3.05, 3.63) is 94.5 Å². The molecule has 0 bridgehead atoms. The van der Waals surface area contributed by atoms with Gasteiger partial charge in [0.25, 0.3) is 5.91 Å². The van der Waals surface area contributed by atoms with E-state index in [2.05, 4.69) is 5.32 Å². The molecule has 1 heterocycles. The zero-order chi connectivity index (χ0) is 32.0. The second-order valence-electron chi connectivity index (χ2n) is 11.0. The van der Waals surface area contributed by atoms with Gasteiger partial charge >= 0.3 is 6.09 Å². The zero-order valence-electron chi connectivity index (χ0n) is 26.3. The monoisotopic (exact) mass is 620 g/mol. The summed E-state index contributed by atoms with van der Waals surface area (Å²) in [4.78, 5) is 25.9. The minimum atomic E-state index is -0.956. The van der Waals surface area contributed by atoms with Gasteiger partial charge in [0.15, 0.2) is 0 Å². The van der Waals surface area contributed by atoms with Crippen molar-refractivity contribution < 1.29 is 38.4 Å². The Hall–Kier alpha value is -4.12. The normalized spacial score (nSPS) is 16.3. The molecule has 242 valence electrons. The maximum atomic E-state index is 12.7. The van der Waals surface area contributed by atoms with Crippen molar-refractivity contribution >= 4 is 12.0 Å². The number of hydrogen-bond donors (Lipinski definition) is 2. The fraction of sp³-hybridized carbons (Fsp3) is 0.429. The highest BCUT2D eigenvalue weighted by Gasteiger charge is 2.33. The molecule has 2 amide bonds. The molecule has 0 spiro atoms. The third-order valence-corrected chi connectivity index (χ3v) is 7.89. The Labute approximate surface area is 265 Å². The fourth-order valence-electron chi connectivity index (χ4n) is 5.38. The molecular formula is C35H44N2O8. The highest BCUT2D eigenvalue weighted by molar-refractivity contribution is 5.95. The van der Waals surface area contributed by atoms with Gasteiger partial charge in [0.2, 0.25) is 0 Å². The van der Waals surface area contributed by atoms with E-state index in [1.807, 2.05) is 73.7 Å². The Morgan fingerprint density at radius 2 is 1.78 bits per heavy atom. The lowest BCUT2D eigenvalue weighted by Crippen LogP contribution is -2.46. The Balaban J connectivity index is 1.30. The van der Waals surface area contributed by atoms with Crippen molar-refractivity contribution in [2.45, 2.75) is 45.0 Å². The first kappa shape index (κ1) is 33.8. The lowest BCUT2D eigenvalue weighted by Gasteiger charge is -2.37. The molecule has 2 N–H and O–H groups in total. The average molecular weight is 621 g/mol.